The molecule has 102 valence electrons. The average Bonchev–Trinajstić information content (AvgIpc) is 2.87. The first-order chi connectivity index (χ1) is 8.79. The van der Waals surface area contributed by atoms with Gasteiger partial charge in [-0.25, -0.2) is 0 Å². The summed E-state index contributed by atoms with van der Waals surface area (Å²) < 4.78 is 11.4. The first kappa shape index (κ1) is 13.6. The van der Waals surface area contributed by atoms with Gasteiger partial charge in [0.1, 0.15) is 5.76 Å². The van der Waals surface area contributed by atoms with Gasteiger partial charge in [-0.3, -0.25) is 0 Å². The molecule has 0 aliphatic carbocycles. The summed E-state index contributed by atoms with van der Waals surface area (Å²) in [5, 5.41) is 3.59. The minimum atomic E-state index is 0.250. The number of nitrogens with zero attached hydrogens (tertiary/aromatic N) is 1. The van der Waals surface area contributed by atoms with Crippen LogP contribution in [0.2, 0.25) is 0 Å². The van der Waals surface area contributed by atoms with E-state index in [1.807, 2.05) is 12.1 Å². The van der Waals surface area contributed by atoms with Gasteiger partial charge >= 0.3 is 0 Å². The van der Waals surface area contributed by atoms with E-state index in [0.717, 1.165) is 44.8 Å². The molecule has 1 aromatic heterocycles. The summed E-state index contributed by atoms with van der Waals surface area (Å²) in [7, 11) is 2.15. The molecule has 0 amide bonds. The highest BCUT2D eigenvalue weighted by atomic mass is 16.5. The van der Waals surface area contributed by atoms with E-state index < -0.39 is 0 Å². The van der Waals surface area contributed by atoms with Crippen molar-refractivity contribution in [1.29, 1.82) is 0 Å². The number of furan rings is 1. The van der Waals surface area contributed by atoms with Crippen LogP contribution in [-0.2, 0) is 11.2 Å². The van der Waals surface area contributed by atoms with Crippen LogP contribution in [0.25, 0.3) is 0 Å². The summed E-state index contributed by atoms with van der Waals surface area (Å²) in [5.41, 5.74) is 0. The van der Waals surface area contributed by atoms with E-state index in [2.05, 4.69) is 24.2 Å². The van der Waals surface area contributed by atoms with Crippen molar-refractivity contribution in [2.45, 2.75) is 31.9 Å². The third-order valence-corrected chi connectivity index (χ3v) is 3.40. The van der Waals surface area contributed by atoms with Crippen LogP contribution in [0.15, 0.2) is 22.8 Å². The molecule has 1 fully saturated rings. The van der Waals surface area contributed by atoms with Gasteiger partial charge in [-0.1, -0.05) is 6.92 Å². The molecule has 1 aliphatic heterocycles. The van der Waals surface area contributed by atoms with Gasteiger partial charge in [0.05, 0.1) is 19.0 Å². The molecular formula is C14H24N2O2. The third-order valence-electron chi connectivity index (χ3n) is 3.40. The highest BCUT2D eigenvalue weighted by Crippen LogP contribution is 2.13. The molecule has 2 heterocycles. The van der Waals surface area contributed by atoms with E-state index in [1.165, 1.54) is 0 Å². The van der Waals surface area contributed by atoms with Gasteiger partial charge in [0, 0.05) is 25.6 Å². The molecule has 1 aliphatic rings. The second-order valence-corrected chi connectivity index (χ2v) is 5.02. The lowest BCUT2D eigenvalue weighted by Crippen LogP contribution is -2.52. The fourth-order valence-corrected chi connectivity index (χ4v) is 2.36. The number of ether oxygens (including phenoxy) is 1. The monoisotopic (exact) mass is 252 g/mol. The van der Waals surface area contributed by atoms with E-state index in [9.17, 15) is 0 Å². The van der Waals surface area contributed by atoms with E-state index in [0.29, 0.717) is 6.04 Å². The lowest BCUT2D eigenvalue weighted by Gasteiger charge is -2.35. The van der Waals surface area contributed by atoms with Crippen molar-refractivity contribution in [3.8, 4) is 0 Å². The number of hydrogen-bond acceptors (Lipinski definition) is 4. The van der Waals surface area contributed by atoms with Crippen LogP contribution in [0.1, 0.15) is 19.1 Å². The predicted molar refractivity (Wildman–Crippen MR) is 71.7 cm³/mol. The van der Waals surface area contributed by atoms with Gasteiger partial charge in [0.25, 0.3) is 0 Å². The fourth-order valence-electron chi connectivity index (χ4n) is 2.36. The van der Waals surface area contributed by atoms with Crippen LogP contribution in [0, 0.1) is 0 Å². The SMILES string of the molecule is CCCNC(Cc1ccco1)C1CN(C)CCO1. The van der Waals surface area contributed by atoms with Crippen molar-refractivity contribution < 1.29 is 9.15 Å². The van der Waals surface area contributed by atoms with Gasteiger partial charge in [0.15, 0.2) is 0 Å². The Balaban J connectivity index is 1.94. The lowest BCUT2D eigenvalue weighted by molar-refractivity contribution is -0.0390. The topological polar surface area (TPSA) is 37.6 Å². The van der Waals surface area contributed by atoms with Gasteiger partial charge in [-0.15, -0.1) is 0 Å². The first-order valence-corrected chi connectivity index (χ1v) is 6.85. The van der Waals surface area contributed by atoms with E-state index in [-0.39, 0.29) is 6.10 Å². The average molecular weight is 252 g/mol. The van der Waals surface area contributed by atoms with Crippen LogP contribution in [-0.4, -0.2) is 50.3 Å². The maximum atomic E-state index is 5.91. The molecule has 0 bridgehead atoms. The van der Waals surface area contributed by atoms with E-state index in [4.69, 9.17) is 9.15 Å². The summed E-state index contributed by atoms with van der Waals surface area (Å²) in [4.78, 5) is 2.33. The van der Waals surface area contributed by atoms with Gasteiger partial charge in [-0.05, 0) is 32.1 Å². The molecule has 4 heteroatoms. The molecule has 2 atom stereocenters. The Bertz CT molecular complexity index is 327. The molecule has 0 aromatic carbocycles. The summed E-state index contributed by atoms with van der Waals surface area (Å²) in [6.07, 6.45) is 4.02. The summed E-state index contributed by atoms with van der Waals surface area (Å²) >= 11 is 0. The molecule has 0 spiro atoms. The first-order valence-electron chi connectivity index (χ1n) is 6.85. The second kappa shape index (κ2) is 6.92. The largest absolute Gasteiger partial charge is 0.469 e. The lowest BCUT2D eigenvalue weighted by atomic mass is 10.0. The number of likely N-dealkylation sites (N-methyl/N-ethyl adjacent to an activating group) is 1. The Hall–Kier alpha value is -0.840. The van der Waals surface area contributed by atoms with Gasteiger partial charge < -0.3 is 19.4 Å². The van der Waals surface area contributed by atoms with Crippen LogP contribution in [0.5, 0.6) is 0 Å². The molecule has 1 N–H and O–H groups in total. The van der Waals surface area contributed by atoms with Crippen molar-refractivity contribution in [1.82, 2.24) is 10.2 Å². The number of nitrogens with one attached hydrogen (secondary N) is 1. The minimum Gasteiger partial charge on any atom is -0.469 e. The zero-order valence-electron chi connectivity index (χ0n) is 11.4. The Kier molecular flexibility index (Phi) is 5.23. The zero-order valence-corrected chi connectivity index (χ0v) is 11.4. The molecule has 0 radical (unpaired) electrons. The van der Waals surface area contributed by atoms with E-state index >= 15 is 0 Å². The standard InChI is InChI=1S/C14H24N2O2/c1-3-6-15-13(10-12-5-4-8-17-12)14-11-16(2)7-9-18-14/h4-5,8,13-15H,3,6-7,9-11H2,1-2H3. The highest BCUT2D eigenvalue weighted by Gasteiger charge is 2.27. The fraction of sp³-hybridized carbons (Fsp3) is 0.714. The van der Waals surface area contributed by atoms with Crippen molar-refractivity contribution in [2.24, 2.45) is 0 Å². The number of rotatable bonds is 6. The van der Waals surface area contributed by atoms with Crippen molar-refractivity contribution >= 4 is 0 Å². The Morgan fingerprint density at radius 2 is 2.44 bits per heavy atom. The normalized spacial score (nSPS) is 23.1. The van der Waals surface area contributed by atoms with Crippen LogP contribution < -0.4 is 5.32 Å². The van der Waals surface area contributed by atoms with Crippen LogP contribution >= 0.6 is 0 Å². The Morgan fingerprint density at radius 3 is 3.11 bits per heavy atom. The highest BCUT2D eigenvalue weighted by molar-refractivity contribution is 5.02. The molecule has 1 saturated heterocycles. The molecule has 4 nitrogen and oxygen atoms in total. The molecule has 2 rings (SSSR count). The maximum Gasteiger partial charge on any atom is 0.105 e. The molecule has 1 aromatic rings. The summed E-state index contributed by atoms with van der Waals surface area (Å²) in [6.45, 7) is 6.04. The van der Waals surface area contributed by atoms with Crippen molar-refractivity contribution in [3.05, 3.63) is 24.2 Å². The van der Waals surface area contributed by atoms with Crippen LogP contribution in [0.3, 0.4) is 0 Å². The van der Waals surface area contributed by atoms with Gasteiger partial charge in [0.2, 0.25) is 0 Å². The number of morpholine rings is 1. The molecule has 18 heavy (non-hydrogen) atoms. The second-order valence-electron chi connectivity index (χ2n) is 5.02. The summed E-state index contributed by atoms with van der Waals surface area (Å²) in [6, 6.07) is 4.31. The molecule has 0 saturated carbocycles. The van der Waals surface area contributed by atoms with Crippen molar-refractivity contribution in [2.75, 3.05) is 33.3 Å². The Labute approximate surface area is 109 Å². The third kappa shape index (κ3) is 3.83. The van der Waals surface area contributed by atoms with Crippen LogP contribution in [0.4, 0.5) is 0 Å². The summed E-state index contributed by atoms with van der Waals surface area (Å²) in [5.74, 6) is 1.03. The van der Waals surface area contributed by atoms with Gasteiger partial charge in [-0.2, -0.15) is 0 Å². The maximum absolute atomic E-state index is 5.91. The Morgan fingerprint density at radius 1 is 1.56 bits per heavy atom. The minimum absolute atomic E-state index is 0.250. The number of hydrogen-bond donors (Lipinski definition) is 1. The van der Waals surface area contributed by atoms with Crippen molar-refractivity contribution in [3.63, 3.8) is 0 Å². The predicted octanol–water partition coefficient (Wildman–Crippen LogP) is 1.52. The quantitative estimate of drug-likeness (QED) is 0.833. The zero-order chi connectivity index (χ0) is 12.8. The van der Waals surface area contributed by atoms with E-state index in [1.54, 1.807) is 6.26 Å². The molecular weight excluding hydrogens is 228 g/mol. The molecule has 2 unspecified atom stereocenters. The smallest absolute Gasteiger partial charge is 0.105 e.